The average molecular weight is 384 g/mol. The molecule has 0 saturated heterocycles. The van der Waals surface area contributed by atoms with Crippen molar-refractivity contribution in [1.82, 2.24) is 20.1 Å². The van der Waals surface area contributed by atoms with E-state index in [0.29, 0.717) is 23.5 Å². The lowest BCUT2D eigenvalue weighted by Gasteiger charge is -2.09. The van der Waals surface area contributed by atoms with Crippen molar-refractivity contribution in [2.45, 2.75) is 30.6 Å². The quantitative estimate of drug-likeness (QED) is 0.601. The molecule has 0 bridgehead atoms. The van der Waals surface area contributed by atoms with Gasteiger partial charge in [-0.1, -0.05) is 11.8 Å². The standard InChI is InChI=1S/C19H20N4O3S/c1-25-15-8-4-13(5-9-15)18-21-22-19(23(18)11-16-3-2-10-26-16)27-12-17(24)20-14-6-7-14/h2-5,8-10,14H,6-7,11-12H2,1H3,(H,20,24). The Morgan fingerprint density at radius 1 is 1.30 bits per heavy atom. The van der Waals surface area contributed by atoms with Gasteiger partial charge in [0.1, 0.15) is 11.5 Å². The summed E-state index contributed by atoms with van der Waals surface area (Å²) in [7, 11) is 1.63. The summed E-state index contributed by atoms with van der Waals surface area (Å²) in [5.74, 6) is 2.64. The van der Waals surface area contributed by atoms with Gasteiger partial charge in [0.05, 0.1) is 25.7 Å². The zero-order chi connectivity index (χ0) is 18.6. The van der Waals surface area contributed by atoms with Crippen molar-refractivity contribution in [2.24, 2.45) is 0 Å². The molecule has 0 atom stereocenters. The SMILES string of the molecule is COc1ccc(-c2nnc(SCC(=O)NC3CC3)n2Cc2ccco2)cc1. The third-order valence-corrected chi connectivity index (χ3v) is 5.20. The molecule has 0 unspecified atom stereocenters. The van der Waals surface area contributed by atoms with Gasteiger partial charge >= 0.3 is 0 Å². The highest BCUT2D eigenvalue weighted by molar-refractivity contribution is 7.99. The van der Waals surface area contributed by atoms with E-state index in [1.807, 2.05) is 41.0 Å². The van der Waals surface area contributed by atoms with E-state index in [1.54, 1.807) is 13.4 Å². The number of amides is 1. The molecule has 1 aliphatic rings. The van der Waals surface area contributed by atoms with Crippen LogP contribution in [0.15, 0.2) is 52.2 Å². The van der Waals surface area contributed by atoms with Crippen LogP contribution in [0, 0.1) is 0 Å². The first-order valence-electron chi connectivity index (χ1n) is 8.75. The molecule has 1 saturated carbocycles. The van der Waals surface area contributed by atoms with E-state index in [1.165, 1.54) is 11.8 Å². The van der Waals surface area contributed by atoms with Gasteiger partial charge in [-0.3, -0.25) is 9.36 Å². The molecule has 0 aliphatic heterocycles. The first-order chi connectivity index (χ1) is 13.2. The minimum Gasteiger partial charge on any atom is -0.497 e. The van der Waals surface area contributed by atoms with Gasteiger partial charge < -0.3 is 14.5 Å². The molecule has 2 heterocycles. The summed E-state index contributed by atoms with van der Waals surface area (Å²) in [5.41, 5.74) is 0.920. The number of hydrogen-bond acceptors (Lipinski definition) is 6. The lowest BCUT2D eigenvalue weighted by atomic mass is 10.2. The highest BCUT2D eigenvalue weighted by atomic mass is 32.2. The molecule has 1 amide bonds. The Morgan fingerprint density at radius 2 is 2.11 bits per heavy atom. The minimum absolute atomic E-state index is 0.0287. The molecule has 3 aromatic rings. The molecule has 0 spiro atoms. The second-order valence-electron chi connectivity index (χ2n) is 6.33. The molecule has 7 nitrogen and oxygen atoms in total. The van der Waals surface area contributed by atoms with Crippen LogP contribution in [0.2, 0.25) is 0 Å². The smallest absolute Gasteiger partial charge is 0.230 e. The van der Waals surface area contributed by atoms with Crippen LogP contribution in [0.3, 0.4) is 0 Å². The largest absolute Gasteiger partial charge is 0.497 e. The van der Waals surface area contributed by atoms with Crippen LogP contribution in [0.25, 0.3) is 11.4 Å². The maximum atomic E-state index is 12.0. The molecule has 1 N–H and O–H groups in total. The molecule has 0 radical (unpaired) electrons. The molecule has 140 valence electrons. The third kappa shape index (κ3) is 4.33. The van der Waals surface area contributed by atoms with Gasteiger partial charge in [0, 0.05) is 11.6 Å². The van der Waals surface area contributed by atoms with Crippen LogP contribution in [0.5, 0.6) is 5.75 Å². The van der Waals surface area contributed by atoms with Crippen molar-refractivity contribution < 1.29 is 13.9 Å². The zero-order valence-electron chi connectivity index (χ0n) is 14.9. The summed E-state index contributed by atoms with van der Waals surface area (Å²) < 4.78 is 12.7. The maximum Gasteiger partial charge on any atom is 0.230 e. The highest BCUT2D eigenvalue weighted by Crippen LogP contribution is 2.27. The number of carbonyl (C=O) groups excluding carboxylic acids is 1. The van der Waals surface area contributed by atoms with E-state index in [0.717, 1.165) is 35.7 Å². The molecule has 1 fully saturated rings. The molecule has 27 heavy (non-hydrogen) atoms. The van der Waals surface area contributed by atoms with Crippen molar-refractivity contribution >= 4 is 17.7 Å². The molecule has 1 aliphatic carbocycles. The van der Waals surface area contributed by atoms with Crippen molar-refractivity contribution in [3.63, 3.8) is 0 Å². The van der Waals surface area contributed by atoms with Crippen molar-refractivity contribution in [3.8, 4) is 17.1 Å². The van der Waals surface area contributed by atoms with Gasteiger partial charge in [-0.25, -0.2) is 0 Å². The number of carbonyl (C=O) groups is 1. The third-order valence-electron chi connectivity index (χ3n) is 4.23. The molecular formula is C19H20N4O3S. The lowest BCUT2D eigenvalue weighted by molar-refractivity contribution is -0.118. The Balaban J connectivity index is 1.57. The summed E-state index contributed by atoms with van der Waals surface area (Å²) in [5, 5.41) is 12.3. The summed E-state index contributed by atoms with van der Waals surface area (Å²) in [4.78, 5) is 12.0. The number of thioether (sulfide) groups is 1. The highest BCUT2D eigenvalue weighted by Gasteiger charge is 2.24. The number of benzene rings is 1. The van der Waals surface area contributed by atoms with Crippen LogP contribution in [-0.2, 0) is 11.3 Å². The first kappa shape index (κ1) is 17.7. The van der Waals surface area contributed by atoms with E-state index in [4.69, 9.17) is 9.15 Å². The van der Waals surface area contributed by atoms with Crippen LogP contribution < -0.4 is 10.1 Å². The van der Waals surface area contributed by atoms with Crippen molar-refractivity contribution in [3.05, 3.63) is 48.4 Å². The number of nitrogens with one attached hydrogen (secondary N) is 1. The van der Waals surface area contributed by atoms with Gasteiger partial charge in [-0.15, -0.1) is 10.2 Å². The number of furan rings is 1. The van der Waals surface area contributed by atoms with Gasteiger partial charge in [0.15, 0.2) is 11.0 Å². The first-order valence-corrected chi connectivity index (χ1v) is 9.73. The van der Waals surface area contributed by atoms with Crippen molar-refractivity contribution in [2.75, 3.05) is 12.9 Å². The second-order valence-corrected chi connectivity index (χ2v) is 7.27. The number of aromatic nitrogens is 3. The molecule has 2 aromatic heterocycles. The topological polar surface area (TPSA) is 82.2 Å². The monoisotopic (exact) mass is 384 g/mol. The number of rotatable bonds is 8. The van der Waals surface area contributed by atoms with Crippen LogP contribution in [0.1, 0.15) is 18.6 Å². The summed E-state index contributed by atoms with van der Waals surface area (Å²) >= 11 is 1.38. The fourth-order valence-electron chi connectivity index (χ4n) is 2.68. The fourth-order valence-corrected chi connectivity index (χ4v) is 3.43. The van der Waals surface area contributed by atoms with E-state index >= 15 is 0 Å². The number of methoxy groups -OCH3 is 1. The van der Waals surface area contributed by atoms with Gasteiger partial charge in [-0.05, 0) is 49.2 Å². The predicted octanol–water partition coefficient (Wildman–Crippen LogP) is 2.97. The Morgan fingerprint density at radius 3 is 2.78 bits per heavy atom. The minimum atomic E-state index is 0.0287. The summed E-state index contributed by atoms with van der Waals surface area (Å²) in [6.45, 7) is 0.494. The average Bonchev–Trinajstić information content (AvgIpc) is 3.18. The Bertz CT molecular complexity index is 902. The van der Waals surface area contributed by atoms with E-state index in [-0.39, 0.29) is 5.91 Å². The molecule has 4 rings (SSSR count). The van der Waals surface area contributed by atoms with Gasteiger partial charge in [0.2, 0.25) is 5.91 Å². The fraction of sp³-hybridized carbons (Fsp3) is 0.316. The number of nitrogens with zero attached hydrogens (tertiary/aromatic N) is 3. The Labute approximate surface area is 161 Å². The van der Waals surface area contributed by atoms with E-state index in [9.17, 15) is 4.79 Å². The van der Waals surface area contributed by atoms with Crippen molar-refractivity contribution in [1.29, 1.82) is 0 Å². The van der Waals surface area contributed by atoms with Gasteiger partial charge in [0.25, 0.3) is 0 Å². The number of ether oxygens (including phenoxy) is 1. The molecule has 1 aromatic carbocycles. The Hall–Kier alpha value is -2.74. The van der Waals surface area contributed by atoms with Crippen LogP contribution in [-0.4, -0.2) is 39.6 Å². The molecule has 8 heteroatoms. The Kier molecular flexibility index (Phi) is 5.15. The van der Waals surface area contributed by atoms with Crippen LogP contribution in [0.4, 0.5) is 0 Å². The number of hydrogen-bond donors (Lipinski definition) is 1. The normalized spacial score (nSPS) is 13.5. The zero-order valence-corrected chi connectivity index (χ0v) is 15.7. The van der Waals surface area contributed by atoms with E-state index in [2.05, 4.69) is 15.5 Å². The predicted molar refractivity (Wildman–Crippen MR) is 102 cm³/mol. The summed E-state index contributed by atoms with van der Waals surface area (Å²) in [6.07, 6.45) is 3.79. The van der Waals surface area contributed by atoms with Gasteiger partial charge in [-0.2, -0.15) is 0 Å². The summed E-state index contributed by atoms with van der Waals surface area (Å²) in [6, 6.07) is 11.8. The second kappa shape index (κ2) is 7.87. The van der Waals surface area contributed by atoms with E-state index < -0.39 is 0 Å². The van der Waals surface area contributed by atoms with Crippen LogP contribution >= 0.6 is 11.8 Å². The maximum absolute atomic E-state index is 12.0. The molecular weight excluding hydrogens is 364 g/mol. The lowest BCUT2D eigenvalue weighted by Crippen LogP contribution is -2.27.